The van der Waals surface area contributed by atoms with Gasteiger partial charge in [0.25, 0.3) is 0 Å². The van der Waals surface area contributed by atoms with Crippen LogP contribution in [0.5, 0.6) is 0 Å². The third-order valence-corrected chi connectivity index (χ3v) is 3.20. The fraction of sp³-hybridized carbons (Fsp3) is 0.846. The maximum atomic E-state index is 5.82. The van der Waals surface area contributed by atoms with Gasteiger partial charge in [-0.2, -0.15) is 0 Å². The average Bonchev–Trinajstić information content (AvgIpc) is 2.24. The van der Waals surface area contributed by atoms with Gasteiger partial charge in [-0.25, -0.2) is 0 Å². The van der Waals surface area contributed by atoms with Gasteiger partial charge in [0, 0.05) is 0 Å². The van der Waals surface area contributed by atoms with Crippen LogP contribution in [0.4, 0.5) is 0 Å². The third-order valence-electron chi connectivity index (χ3n) is 3.20. The summed E-state index contributed by atoms with van der Waals surface area (Å²) in [6.45, 7) is 6.70. The molecule has 0 heterocycles. The van der Waals surface area contributed by atoms with Gasteiger partial charge in [0.15, 0.2) is 0 Å². The average molecular weight is 196 g/mol. The summed E-state index contributed by atoms with van der Waals surface area (Å²) in [6, 6.07) is 0. The molecule has 14 heavy (non-hydrogen) atoms. The zero-order chi connectivity index (χ0) is 10.2. The minimum atomic E-state index is 0.522. The molecule has 2 unspecified atom stereocenters. The Hall–Kier alpha value is -0.300. The second-order valence-electron chi connectivity index (χ2n) is 4.35. The molecule has 0 aliphatic heterocycles. The first-order chi connectivity index (χ1) is 6.88. The standard InChI is InChI=1S/C13H24O/c1-3-5-8-12-9-6-7-10-13(12)14-11-4-2/h4,12-13H,2-3,5-11H2,1H3. The second-order valence-corrected chi connectivity index (χ2v) is 4.35. The van der Waals surface area contributed by atoms with Crippen LogP contribution in [0.1, 0.15) is 51.9 Å². The van der Waals surface area contributed by atoms with E-state index in [1.165, 1.54) is 44.9 Å². The minimum Gasteiger partial charge on any atom is -0.374 e. The Kier molecular flexibility index (Phi) is 5.93. The van der Waals surface area contributed by atoms with E-state index in [1.807, 2.05) is 6.08 Å². The Bertz CT molecular complexity index is 153. The van der Waals surface area contributed by atoms with Crippen molar-refractivity contribution in [2.75, 3.05) is 6.61 Å². The second kappa shape index (κ2) is 7.05. The summed E-state index contributed by atoms with van der Waals surface area (Å²) < 4.78 is 5.82. The number of ether oxygens (including phenoxy) is 1. The normalized spacial score (nSPS) is 27.5. The maximum Gasteiger partial charge on any atom is 0.0648 e. The van der Waals surface area contributed by atoms with E-state index in [0.717, 1.165) is 12.5 Å². The molecule has 0 amide bonds. The predicted octanol–water partition coefficient (Wildman–Crippen LogP) is 3.94. The van der Waals surface area contributed by atoms with Crippen LogP contribution in [0, 0.1) is 5.92 Å². The number of hydrogen-bond acceptors (Lipinski definition) is 1. The molecule has 0 aromatic carbocycles. The van der Waals surface area contributed by atoms with Crippen LogP contribution in [-0.2, 0) is 4.74 Å². The summed E-state index contributed by atoms with van der Waals surface area (Å²) in [5, 5.41) is 0. The lowest BCUT2D eigenvalue weighted by Gasteiger charge is -2.31. The molecule has 1 aliphatic carbocycles. The lowest BCUT2D eigenvalue weighted by Crippen LogP contribution is -2.27. The van der Waals surface area contributed by atoms with Crippen molar-refractivity contribution in [1.82, 2.24) is 0 Å². The highest BCUT2D eigenvalue weighted by atomic mass is 16.5. The lowest BCUT2D eigenvalue weighted by molar-refractivity contribution is 0.000292. The van der Waals surface area contributed by atoms with Gasteiger partial charge in [0.05, 0.1) is 12.7 Å². The predicted molar refractivity (Wildman–Crippen MR) is 61.4 cm³/mol. The Morgan fingerprint density at radius 1 is 1.36 bits per heavy atom. The van der Waals surface area contributed by atoms with E-state index in [-0.39, 0.29) is 0 Å². The summed E-state index contributed by atoms with van der Waals surface area (Å²) in [5.74, 6) is 0.823. The van der Waals surface area contributed by atoms with E-state index in [0.29, 0.717) is 6.10 Å². The molecule has 1 heteroatoms. The van der Waals surface area contributed by atoms with E-state index in [4.69, 9.17) is 4.74 Å². The van der Waals surface area contributed by atoms with Crippen molar-refractivity contribution in [1.29, 1.82) is 0 Å². The van der Waals surface area contributed by atoms with Crippen LogP contribution in [0.15, 0.2) is 12.7 Å². The first-order valence-corrected chi connectivity index (χ1v) is 6.11. The highest BCUT2D eigenvalue weighted by Crippen LogP contribution is 2.30. The molecule has 0 bridgehead atoms. The molecular weight excluding hydrogens is 172 g/mol. The molecule has 82 valence electrons. The molecule has 2 atom stereocenters. The van der Waals surface area contributed by atoms with Gasteiger partial charge in [-0.3, -0.25) is 0 Å². The zero-order valence-corrected chi connectivity index (χ0v) is 9.50. The van der Waals surface area contributed by atoms with E-state index in [2.05, 4.69) is 13.5 Å². The van der Waals surface area contributed by atoms with Crippen molar-refractivity contribution in [3.8, 4) is 0 Å². The van der Waals surface area contributed by atoms with Crippen LogP contribution in [-0.4, -0.2) is 12.7 Å². The fourth-order valence-electron chi connectivity index (χ4n) is 2.38. The van der Waals surface area contributed by atoms with Crippen molar-refractivity contribution in [2.45, 2.75) is 58.0 Å². The molecule has 1 rings (SSSR count). The Labute approximate surface area is 88.5 Å². The number of rotatable bonds is 6. The molecule has 0 aromatic rings. The SMILES string of the molecule is C=CCOC1CCCCC1CCCC. The molecule has 0 aromatic heterocycles. The highest BCUT2D eigenvalue weighted by Gasteiger charge is 2.24. The number of hydrogen-bond donors (Lipinski definition) is 0. The maximum absolute atomic E-state index is 5.82. The van der Waals surface area contributed by atoms with Gasteiger partial charge in [0.1, 0.15) is 0 Å². The van der Waals surface area contributed by atoms with Gasteiger partial charge in [-0.15, -0.1) is 6.58 Å². The zero-order valence-electron chi connectivity index (χ0n) is 9.50. The highest BCUT2D eigenvalue weighted by molar-refractivity contribution is 4.77. The fourth-order valence-corrected chi connectivity index (χ4v) is 2.38. The molecule has 0 radical (unpaired) electrons. The van der Waals surface area contributed by atoms with E-state index >= 15 is 0 Å². The largest absolute Gasteiger partial charge is 0.374 e. The summed E-state index contributed by atoms with van der Waals surface area (Å²) in [7, 11) is 0. The van der Waals surface area contributed by atoms with Crippen LogP contribution < -0.4 is 0 Å². The quantitative estimate of drug-likeness (QED) is 0.585. The third kappa shape index (κ3) is 3.83. The molecular formula is C13H24O. The van der Waals surface area contributed by atoms with Crippen molar-refractivity contribution in [3.05, 3.63) is 12.7 Å². The van der Waals surface area contributed by atoms with Gasteiger partial charge in [-0.1, -0.05) is 38.7 Å². The Balaban J connectivity index is 2.29. The molecule has 1 saturated carbocycles. The first-order valence-electron chi connectivity index (χ1n) is 6.11. The van der Waals surface area contributed by atoms with Crippen molar-refractivity contribution >= 4 is 0 Å². The van der Waals surface area contributed by atoms with Gasteiger partial charge in [0.2, 0.25) is 0 Å². The molecule has 0 N–H and O–H groups in total. The topological polar surface area (TPSA) is 9.23 Å². The molecule has 1 nitrogen and oxygen atoms in total. The summed E-state index contributed by atoms with van der Waals surface area (Å²) >= 11 is 0. The van der Waals surface area contributed by atoms with Crippen molar-refractivity contribution in [3.63, 3.8) is 0 Å². The van der Waals surface area contributed by atoms with Crippen molar-refractivity contribution < 1.29 is 4.74 Å². The van der Waals surface area contributed by atoms with Gasteiger partial charge in [-0.05, 0) is 25.2 Å². The molecule has 0 saturated heterocycles. The Morgan fingerprint density at radius 3 is 2.86 bits per heavy atom. The van der Waals surface area contributed by atoms with E-state index < -0.39 is 0 Å². The van der Waals surface area contributed by atoms with E-state index in [9.17, 15) is 0 Å². The van der Waals surface area contributed by atoms with Crippen LogP contribution in [0.3, 0.4) is 0 Å². The molecule has 1 aliphatic rings. The monoisotopic (exact) mass is 196 g/mol. The first kappa shape index (κ1) is 11.8. The van der Waals surface area contributed by atoms with Gasteiger partial charge < -0.3 is 4.74 Å². The smallest absolute Gasteiger partial charge is 0.0648 e. The van der Waals surface area contributed by atoms with Crippen molar-refractivity contribution in [2.24, 2.45) is 5.92 Å². The van der Waals surface area contributed by atoms with Crippen LogP contribution in [0.25, 0.3) is 0 Å². The van der Waals surface area contributed by atoms with Crippen LogP contribution in [0.2, 0.25) is 0 Å². The minimum absolute atomic E-state index is 0.522. The van der Waals surface area contributed by atoms with Crippen LogP contribution >= 0.6 is 0 Å². The number of unbranched alkanes of at least 4 members (excludes halogenated alkanes) is 1. The molecule has 0 spiro atoms. The van der Waals surface area contributed by atoms with Gasteiger partial charge >= 0.3 is 0 Å². The summed E-state index contributed by atoms with van der Waals surface area (Å²) in [4.78, 5) is 0. The summed E-state index contributed by atoms with van der Waals surface area (Å²) in [5.41, 5.74) is 0. The Morgan fingerprint density at radius 2 is 2.14 bits per heavy atom. The lowest BCUT2D eigenvalue weighted by atomic mass is 9.83. The molecule has 1 fully saturated rings. The summed E-state index contributed by atoms with van der Waals surface area (Å²) in [6.07, 6.45) is 11.8. The van der Waals surface area contributed by atoms with E-state index in [1.54, 1.807) is 0 Å².